The van der Waals surface area contributed by atoms with Gasteiger partial charge in [0.25, 0.3) is 0 Å². The second kappa shape index (κ2) is 4.64. The highest BCUT2D eigenvalue weighted by atomic mass is 19.4. The van der Waals surface area contributed by atoms with Gasteiger partial charge in [-0.25, -0.2) is 9.18 Å². The van der Waals surface area contributed by atoms with Crippen molar-refractivity contribution in [3.8, 4) is 0 Å². The van der Waals surface area contributed by atoms with Gasteiger partial charge in [-0.2, -0.15) is 13.2 Å². The van der Waals surface area contributed by atoms with E-state index < -0.39 is 35.1 Å². The third kappa shape index (κ3) is 2.71. The zero-order valence-electron chi connectivity index (χ0n) is 10.8. The summed E-state index contributed by atoms with van der Waals surface area (Å²) in [5.74, 6) is -1.36. The number of cyclic esters (lactones) is 1. The number of alkyl halides is 3. The van der Waals surface area contributed by atoms with Crippen LogP contribution in [0.25, 0.3) is 0 Å². The lowest BCUT2D eigenvalue weighted by Gasteiger charge is -2.38. The van der Waals surface area contributed by atoms with Crippen LogP contribution in [-0.2, 0) is 10.9 Å². The molecule has 0 aromatic heterocycles. The molecule has 1 atom stereocenters. The van der Waals surface area contributed by atoms with E-state index in [1.807, 2.05) is 0 Å². The largest absolute Gasteiger partial charge is 0.449 e. The first-order valence-corrected chi connectivity index (χ1v) is 5.91. The van der Waals surface area contributed by atoms with E-state index >= 15 is 0 Å². The molecule has 1 aromatic carbocycles. The lowest BCUT2D eigenvalue weighted by atomic mass is 9.80. The SMILES string of the molecule is CC1(C)COC(=O)N[C@@H]1c1ccc(C(F)(F)F)c(F)c1. The van der Waals surface area contributed by atoms with Crippen LogP contribution in [0.4, 0.5) is 22.4 Å². The summed E-state index contributed by atoms with van der Waals surface area (Å²) in [5.41, 5.74) is -1.60. The van der Waals surface area contributed by atoms with Crippen LogP contribution < -0.4 is 5.32 Å². The molecule has 1 heterocycles. The third-order valence-corrected chi connectivity index (χ3v) is 3.25. The van der Waals surface area contributed by atoms with E-state index in [2.05, 4.69) is 5.32 Å². The summed E-state index contributed by atoms with van der Waals surface area (Å²) < 4.78 is 55.9. The van der Waals surface area contributed by atoms with Crippen molar-refractivity contribution in [2.24, 2.45) is 5.41 Å². The standard InChI is InChI=1S/C13H13F4NO2/c1-12(2)6-20-11(19)18-10(12)7-3-4-8(9(14)5-7)13(15,16)17/h3-5,10H,6H2,1-2H3,(H,18,19)/t10-/m1/s1. The molecule has 0 saturated carbocycles. The van der Waals surface area contributed by atoms with Crippen molar-refractivity contribution in [1.29, 1.82) is 0 Å². The summed E-state index contributed by atoms with van der Waals surface area (Å²) in [6.07, 6.45) is -5.41. The number of alkyl carbamates (subject to hydrolysis) is 1. The summed E-state index contributed by atoms with van der Waals surface area (Å²) in [5, 5.41) is 2.50. The van der Waals surface area contributed by atoms with Crippen LogP contribution in [0.3, 0.4) is 0 Å². The molecule has 0 radical (unpaired) electrons. The topological polar surface area (TPSA) is 38.3 Å². The maximum absolute atomic E-state index is 13.6. The Morgan fingerprint density at radius 2 is 2.00 bits per heavy atom. The molecule has 0 bridgehead atoms. The molecule has 1 aliphatic rings. The van der Waals surface area contributed by atoms with Crippen LogP contribution in [0.5, 0.6) is 0 Å². The predicted octanol–water partition coefficient (Wildman–Crippen LogP) is 3.65. The van der Waals surface area contributed by atoms with E-state index in [4.69, 9.17) is 4.74 Å². The van der Waals surface area contributed by atoms with Gasteiger partial charge in [-0.1, -0.05) is 19.9 Å². The Labute approximate surface area is 112 Å². The summed E-state index contributed by atoms with van der Waals surface area (Å²) in [7, 11) is 0. The molecule has 0 unspecified atom stereocenters. The maximum atomic E-state index is 13.6. The first-order chi connectivity index (χ1) is 9.11. The smallest absolute Gasteiger partial charge is 0.419 e. The number of amides is 1. The number of hydrogen-bond donors (Lipinski definition) is 1. The fourth-order valence-corrected chi connectivity index (χ4v) is 2.17. The van der Waals surface area contributed by atoms with Gasteiger partial charge in [0.05, 0.1) is 11.6 Å². The number of nitrogens with one attached hydrogen (secondary N) is 1. The van der Waals surface area contributed by atoms with E-state index in [0.717, 1.165) is 6.07 Å². The molecule has 1 fully saturated rings. The molecule has 1 aliphatic heterocycles. The van der Waals surface area contributed by atoms with E-state index in [0.29, 0.717) is 6.07 Å². The van der Waals surface area contributed by atoms with Crippen LogP contribution in [0.1, 0.15) is 31.0 Å². The molecule has 7 heteroatoms. The van der Waals surface area contributed by atoms with Crippen molar-refractivity contribution >= 4 is 6.09 Å². The molecule has 1 N–H and O–H groups in total. The third-order valence-electron chi connectivity index (χ3n) is 3.25. The van der Waals surface area contributed by atoms with E-state index in [1.54, 1.807) is 13.8 Å². The average molecular weight is 291 g/mol. The number of benzene rings is 1. The van der Waals surface area contributed by atoms with Gasteiger partial charge >= 0.3 is 12.3 Å². The minimum atomic E-state index is -4.74. The number of ether oxygens (including phenoxy) is 1. The van der Waals surface area contributed by atoms with Gasteiger partial charge in [-0.15, -0.1) is 0 Å². The van der Waals surface area contributed by atoms with E-state index in [1.165, 1.54) is 6.07 Å². The van der Waals surface area contributed by atoms with E-state index in [9.17, 15) is 22.4 Å². The van der Waals surface area contributed by atoms with E-state index in [-0.39, 0.29) is 12.2 Å². The molecule has 1 aromatic rings. The van der Waals surface area contributed by atoms with Crippen LogP contribution >= 0.6 is 0 Å². The monoisotopic (exact) mass is 291 g/mol. The van der Waals surface area contributed by atoms with Gasteiger partial charge in [0.1, 0.15) is 12.4 Å². The zero-order chi connectivity index (χ0) is 15.1. The quantitative estimate of drug-likeness (QED) is 0.802. The van der Waals surface area contributed by atoms with Gasteiger partial charge in [-0.3, -0.25) is 0 Å². The van der Waals surface area contributed by atoms with Crippen molar-refractivity contribution in [3.05, 3.63) is 35.1 Å². The minimum Gasteiger partial charge on any atom is -0.449 e. The second-order valence-electron chi connectivity index (χ2n) is 5.38. The fraction of sp³-hybridized carbons (Fsp3) is 0.462. The molecule has 110 valence electrons. The Kier molecular flexibility index (Phi) is 3.39. The second-order valence-corrected chi connectivity index (χ2v) is 5.38. The molecular formula is C13H13F4NO2. The lowest BCUT2D eigenvalue weighted by molar-refractivity contribution is -0.140. The number of carbonyl (C=O) groups is 1. The van der Waals surface area contributed by atoms with Crippen LogP contribution in [0.15, 0.2) is 18.2 Å². The van der Waals surface area contributed by atoms with Gasteiger partial charge in [0, 0.05) is 5.41 Å². The molecular weight excluding hydrogens is 278 g/mol. The van der Waals surface area contributed by atoms with Gasteiger partial charge < -0.3 is 10.1 Å². The van der Waals surface area contributed by atoms with Crippen molar-refractivity contribution in [2.75, 3.05) is 6.61 Å². The molecule has 1 saturated heterocycles. The van der Waals surface area contributed by atoms with Crippen LogP contribution in [0.2, 0.25) is 0 Å². The molecule has 0 spiro atoms. The van der Waals surface area contributed by atoms with Crippen LogP contribution in [0, 0.1) is 11.2 Å². The average Bonchev–Trinajstić information content (AvgIpc) is 2.30. The normalized spacial score (nSPS) is 22.1. The number of rotatable bonds is 1. The Bertz CT molecular complexity index is 540. The molecule has 0 aliphatic carbocycles. The highest BCUT2D eigenvalue weighted by Crippen LogP contribution is 2.38. The zero-order valence-corrected chi connectivity index (χ0v) is 10.8. The first kappa shape index (κ1) is 14.6. The fourth-order valence-electron chi connectivity index (χ4n) is 2.17. The Morgan fingerprint density at radius 3 is 2.55 bits per heavy atom. The van der Waals surface area contributed by atoms with Gasteiger partial charge in [0.2, 0.25) is 0 Å². The molecule has 3 nitrogen and oxygen atoms in total. The Balaban J connectivity index is 2.38. The van der Waals surface area contributed by atoms with Crippen molar-refractivity contribution < 1.29 is 27.1 Å². The highest BCUT2D eigenvalue weighted by molar-refractivity contribution is 5.69. The predicted molar refractivity (Wildman–Crippen MR) is 62.4 cm³/mol. The first-order valence-electron chi connectivity index (χ1n) is 5.91. The van der Waals surface area contributed by atoms with Crippen molar-refractivity contribution in [2.45, 2.75) is 26.1 Å². The Hall–Kier alpha value is -1.79. The summed E-state index contributed by atoms with van der Waals surface area (Å²) in [4.78, 5) is 11.2. The van der Waals surface area contributed by atoms with Gasteiger partial charge in [-0.05, 0) is 17.7 Å². The summed E-state index contributed by atoms with van der Waals surface area (Å²) >= 11 is 0. The van der Waals surface area contributed by atoms with Crippen molar-refractivity contribution in [1.82, 2.24) is 5.32 Å². The Morgan fingerprint density at radius 1 is 1.35 bits per heavy atom. The van der Waals surface area contributed by atoms with Crippen molar-refractivity contribution in [3.63, 3.8) is 0 Å². The summed E-state index contributed by atoms with van der Waals surface area (Å²) in [6.45, 7) is 3.64. The maximum Gasteiger partial charge on any atom is 0.419 e. The number of halogens is 4. The number of carbonyl (C=O) groups excluding carboxylic acids is 1. The van der Waals surface area contributed by atoms with Gasteiger partial charge in [0.15, 0.2) is 0 Å². The highest BCUT2D eigenvalue weighted by Gasteiger charge is 2.39. The minimum absolute atomic E-state index is 0.103. The van der Waals surface area contributed by atoms with Crippen LogP contribution in [-0.4, -0.2) is 12.7 Å². The summed E-state index contributed by atoms with van der Waals surface area (Å²) in [6, 6.07) is 2.05. The molecule has 20 heavy (non-hydrogen) atoms. The number of hydrogen-bond acceptors (Lipinski definition) is 2. The molecule has 1 amide bonds. The molecule has 2 rings (SSSR count). The lowest BCUT2D eigenvalue weighted by Crippen LogP contribution is -2.47.